The number of hydrogen-bond donors (Lipinski definition) is 0. The minimum atomic E-state index is 0.680. The SMILES string of the molecule is COCc1ccc2c3c(cccc13)C(C)=C2. The molecule has 1 aliphatic carbocycles. The van der Waals surface area contributed by atoms with Crippen LogP contribution in [0.1, 0.15) is 23.6 Å². The minimum Gasteiger partial charge on any atom is -0.380 e. The maximum absolute atomic E-state index is 5.25. The van der Waals surface area contributed by atoms with Crippen molar-refractivity contribution in [3.8, 4) is 0 Å². The standard InChI is InChI=1S/C15H14O/c1-10-8-11-6-7-12(9-16-2)14-5-3-4-13(10)15(11)14/h3-8H,9H2,1-2H3. The molecule has 0 atom stereocenters. The third kappa shape index (κ3) is 1.22. The van der Waals surface area contributed by atoms with Crippen LogP contribution in [0.5, 0.6) is 0 Å². The lowest BCUT2D eigenvalue weighted by atomic mass is 9.99. The lowest BCUT2D eigenvalue weighted by molar-refractivity contribution is 0.186. The molecule has 1 aliphatic rings. The van der Waals surface area contributed by atoms with Crippen molar-refractivity contribution >= 4 is 22.4 Å². The molecule has 0 amide bonds. The number of rotatable bonds is 2. The summed E-state index contributed by atoms with van der Waals surface area (Å²) in [4.78, 5) is 0. The summed E-state index contributed by atoms with van der Waals surface area (Å²) in [5.74, 6) is 0. The molecular weight excluding hydrogens is 196 g/mol. The zero-order valence-corrected chi connectivity index (χ0v) is 9.58. The van der Waals surface area contributed by atoms with Gasteiger partial charge in [-0.15, -0.1) is 0 Å². The molecule has 0 bridgehead atoms. The summed E-state index contributed by atoms with van der Waals surface area (Å²) >= 11 is 0. The molecule has 0 aromatic heterocycles. The van der Waals surface area contributed by atoms with Crippen molar-refractivity contribution in [1.29, 1.82) is 0 Å². The Balaban J connectivity index is 2.36. The van der Waals surface area contributed by atoms with E-state index in [1.54, 1.807) is 7.11 Å². The van der Waals surface area contributed by atoms with Gasteiger partial charge in [-0.05, 0) is 40.0 Å². The molecule has 2 aromatic rings. The molecule has 0 heterocycles. The fourth-order valence-electron chi connectivity index (χ4n) is 2.54. The molecule has 0 saturated carbocycles. The molecule has 0 spiro atoms. The van der Waals surface area contributed by atoms with E-state index < -0.39 is 0 Å². The highest BCUT2D eigenvalue weighted by Gasteiger charge is 2.14. The van der Waals surface area contributed by atoms with E-state index in [0.717, 1.165) is 0 Å². The lowest BCUT2D eigenvalue weighted by Gasteiger charge is -2.08. The van der Waals surface area contributed by atoms with Crippen molar-refractivity contribution in [3.63, 3.8) is 0 Å². The van der Waals surface area contributed by atoms with Crippen LogP contribution >= 0.6 is 0 Å². The van der Waals surface area contributed by atoms with Crippen LogP contribution in [0.2, 0.25) is 0 Å². The number of benzene rings is 2. The Morgan fingerprint density at radius 3 is 2.81 bits per heavy atom. The van der Waals surface area contributed by atoms with Gasteiger partial charge in [0.05, 0.1) is 6.61 Å². The third-order valence-electron chi connectivity index (χ3n) is 3.26. The Hall–Kier alpha value is -1.60. The average Bonchev–Trinajstić information content (AvgIpc) is 2.62. The first-order valence-electron chi connectivity index (χ1n) is 5.53. The highest BCUT2D eigenvalue weighted by molar-refractivity contribution is 6.09. The normalized spacial score (nSPS) is 13.2. The van der Waals surface area contributed by atoms with Crippen LogP contribution in [0.4, 0.5) is 0 Å². The van der Waals surface area contributed by atoms with Gasteiger partial charge >= 0.3 is 0 Å². The molecular formula is C15H14O. The summed E-state index contributed by atoms with van der Waals surface area (Å²) in [6.45, 7) is 2.85. The summed E-state index contributed by atoms with van der Waals surface area (Å²) in [7, 11) is 1.74. The molecule has 0 unspecified atom stereocenters. The molecule has 1 heteroatoms. The van der Waals surface area contributed by atoms with Crippen molar-refractivity contribution in [2.75, 3.05) is 7.11 Å². The number of ether oxygens (including phenoxy) is 1. The highest BCUT2D eigenvalue weighted by Crippen LogP contribution is 2.37. The second kappa shape index (κ2) is 3.46. The van der Waals surface area contributed by atoms with Crippen molar-refractivity contribution in [2.45, 2.75) is 13.5 Å². The fraction of sp³-hybridized carbons (Fsp3) is 0.200. The van der Waals surface area contributed by atoms with Gasteiger partial charge in [0, 0.05) is 7.11 Å². The van der Waals surface area contributed by atoms with Gasteiger partial charge in [-0.1, -0.05) is 36.4 Å². The first-order valence-corrected chi connectivity index (χ1v) is 5.53. The van der Waals surface area contributed by atoms with Crippen LogP contribution in [-0.4, -0.2) is 7.11 Å². The second-order valence-electron chi connectivity index (χ2n) is 4.30. The van der Waals surface area contributed by atoms with Gasteiger partial charge in [0.15, 0.2) is 0 Å². The predicted molar refractivity (Wildman–Crippen MR) is 68.2 cm³/mol. The highest BCUT2D eigenvalue weighted by atomic mass is 16.5. The second-order valence-corrected chi connectivity index (χ2v) is 4.30. The zero-order valence-electron chi connectivity index (χ0n) is 9.58. The van der Waals surface area contributed by atoms with Crippen molar-refractivity contribution in [3.05, 3.63) is 47.0 Å². The van der Waals surface area contributed by atoms with E-state index in [4.69, 9.17) is 4.74 Å². The Morgan fingerprint density at radius 1 is 1.12 bits per heavy atom. The first-order chi connectivity index (χ1) is 7.81. The largest absolute Gasteiger partial charge is 0.380 e. The van der Waals surface area contributed by atoms with Gasteiger partial charge in [-0.3, -0.25) is 0 Å². The molecule has 1 nitrogen and oxygen atoms in total. The Morgan fingerprint density at radius 2 is 2.00 bits per heavy atom. The third-order valence-corrected chi connectivity index (χ3v) is 3.26. The molecule has 0 N–H and O–H groups in total. The van der Waals surface area contributed by atoms with E-state index in [1.165, 1.54) is 33.0 Å². The number of allylic oxidation sites excluding steroid dienone is 1. The lowest BCUT2D eigenvalue weighted by Crippen LogP contribution is -1.90. The van der Waals surface area contributed by atoms with Crippen molar-refractivity contribution in [2.24, 2.45) is 0 Å². The van der Waals surface area contributed by atoms with Gasteiger partial charge < -0.3 is 4.74 Å². The Kier molecular flexibility index (Phi) is 2.08. The predicted octanol–water partition coefficient (Wildman–Crippen LogP) is 3.86. The van der Waals surface area contributed by atoms with Crippen LogP contribution in [-0.2, 0) is 11.3 Å². The topological polar surface area (TPSA) is 9.23 Å². The molecule has 0 saturated heterocycles. The Labute approximate surface area is 95.4 Å². The van der Waals surface area contributed by atoms with Crippen molar-refractivity contribution < 1.29 is 4.74 Å². The van der Waals surface area contributed by atoms with E-state index in [9.17, 15) is 0 Å². The zero-order chi connectivity index (χ0) is 11.1. The maximum Gasteiger partial charge on any atom is 0.0719 e. The monoisotopic (exact) mass is 210 g/mol. The maximum atomic E-state index is 5.25. The van der Waals surface area contributed by atoms with Crippen molar-refractivity contribution in [1.82, 2.24) is 0 Å². The summed E-state index contributed by atoms with van der Waals surface area (Å²) < 4.78 is 5.25. The fourth-order valence-corrected chi connectivity index (χ4v) is 2.54. The number of methoxy groups -OCH3 is 1. The van der Waals surface area contributed by atoms with Crippen LogP contribution in [0.15, 0.2) is 30.3 Å². The van der Waals surface area contributed by atoms with Crippen LogP contribution in [0.3, 0.4) is 0 Å². The molecule has 0 radical (unpaired) electrons. The van der Waals surface area contributed by atoms with Gasteiger partial charge in [0.25, 0.3) is 0 Å². The smallest absolute Gasteiger partial charge is 0.0719 e. The molecule has 0 fully saturated rings. The minimum absolute atomic E-state index is 0.680. The van der Waals surface area contributed by atoms with Crippen LogP contribution in [0.25, 0.3) is 22.4 Å². The van der Waals surface area contributed by atoms with E-state index in [0.29, 0.717) is 6.61 Å². The van der Waals surface area contributed by atoms with Gasteiger partial charge in [-0.25, -0.2) is 0 Å². The molecule has 3 rings (SSSR count). The van der Waals surface area contributed by atoms with E-state index >= 15 is 0 Å². The molecule has 0 aliphatic heterocycles. The van der Waals surface area contributed by atoms with Gasteiger partial charge in [-0.2, -0.15) is 0 Å². The summed E-state index contributed by atoms with van der Waals surface area (Å²) in [5.41, 5.74) is 5.33. The summed E-state index contributed by atoms with van der Waals surface area (Å²) in [6, 6.07) is 10.9. The Bertz CT molecular complexity index is 594. The summed E-state index contributed by atoms with van der Waals surface area (Å²) in [6.07, 6.45) is 2.26. The molecule has 2 aromatic carbocycles. The first kappa shape index (κ1) is 9.61. The van der Waals surface area contributed by atoms with Crippen LogP contribution in [0, 0.1) is 0 Å². The molecule has 80 valence electrons. The van der Waals surface area contributed by atoms with Gasteiger partial charge in [0.1, 0.15) is 0 Å². The summed E-state index contributed by atoms with van der Waals surface area (Å²) in [5, 5.41) is 2.71. The van der Waals surface area contributed by atoms with E-state index in [2.05, 4.69) is 43.3 Å². The number of hydrogen-bond acceptors (Lipinski definition) is 1. The average molecular weight is 210 g/mol. The van der Waals surface area contributed by atoms with E-state index in [1.807, 2.05) is 0 Å². The van der Waals surface area contributed by atoms with Crippen LogP contribution < -0.4 is 0 Å². The van der Waals surface area contributed by atoms with Gasteiger partial charge in [0.2, 0.25) is 0 Å². The van der Waals surface area contributed by atoms with E-state index in [-0.39, 0.29) is 0 Å². The quantitative estimate of drug-likeness (QED) is 0.731. The molecule has 16 heavy (non-hydrogen) atoms.